The van der Waals surface area contributed by atoms with Crippen LogP contribution >= 0.6 is 0 Å². The molecule has 1 unspecified atom stereocenters. The number of nitrogens with zero attached hydrogens (tertiary/aromatic N) is 3. The van der Waals surface area contributed by atoms with E-state index in [1.807, 2.05) is 48.7 Å². The summed E-state index contributed by atoms with van der Waals surface area (Å²) in [6.45, 7) is 9.56. The fourth-order valence-electron chi connectivity index (χ4n) is 8.62. The van der Waals surface area contributed by atoms with Crippen LogP contribution in [0.5, 0.6) is 0 Å². The molecule has 4 aliphatic rings. The first-order valence-electron chi connectivity index (χ1n) is 16.0. The Kier molecular flexibility index (Phi) is 7.70. The molecule has 3 heterocycles. The van der Waals surface area contributed by atoms with Gasteiger partial charge in [0, 0.05) is 29.3 Å². The Morgan fingerprint density at radius 1 is 1.15 bits per heavy atom. The number of hydrogen-bond donors (Lipinski definition) is 1. The Balaban J connectivity index is 1.18. The quantitative estimate of drug-likeness (QED) is 0.108. The van der Waals surface area contributed by atoms with Crippen LogP contribution in [-0.4, -0.2) is 51.2 Å². The lowest BCUT2D eigenvalue weighted by Gasteiger charge is -2.62. The molecule has 10 nitrogen and oxygen atoms in total. The molecule has 2 aromatic carbocycles. The Morgan fingerprint density at radius 3 is 2.70 bits per heavy atom. The number of aliphatic hydroxyl groups is 1. The van der Waals surface area contributed by atoms with Crippen molar-refractivity contribution in [3.05, 3.63) is 100 Å². The summed E-state index contributed by atoms with van der Waals surface area (Å²) < 4.78 is 20.3. The largest absolute Gasteiger partial charge is 0.459 e. The third-order valence-corrected chi connectivity index (χ3v) is 11.0. The van der Waals surface area contributed by atoms with Gasteiger partial charge in [0.15, 0.2) is 6.29 Å². The second-order valence-corrected chi connectivity index (χ2v) is 13.7. The second-order valence-electron chi connectivity index (χ2n) is 13.7. The topological polar surface area (TPSA) is 126 Å². The van der Waals surface area contributed by atoms with Gasteiger partial charge >= 0.3 is 5.97 Å². The van der Waals surface area contributed by atoms with E-state index < -0.39 is 23.3 Å². The maximum absolute atomic E-state index is 12.2. The first-order valence-corrected chi connectivity index (χ1v) is 16.0. The molecule has 240 valence electrons. The molecule has 2 aliphatic heterocycles. The highest BCUT2D eigenvalue weighted by Gasteiger charge is 2.60. The third-order valence-electron chi connectivity index (χ3n) is 11.0. The molecule has 2 aliphatic carbocycles. The molecule has 0 radical (unpaired) electrons. The van der Waals surface area contributed by atoms with Crippen molar-refractivity contribution in [3.8, 4) is 16.9 Å². The van der Waals surface area contributed by atoms with Gasteiger partial charge in [0.05, 0.1) is 34.5 Å². The molecular formula is C36H39N3O7. The number of non-ortho nitro benzene ring substituents is 1. The van der Waals surface area contributed by atoms with Crippen molar-refractivity contribution in [1.29, 1.82) is 0 Å². The Morgan fingerprint density at radius 2 is 1.96 bits per heavy atom. The zero-order valence-corrected chi connectivity index (χ0v) is 26.1. The SMILES string of the molecule is C=C1CC[C@@H]2[C@]3(C)COC(c4cn(-c5ccccc5)nc4-c4cccc([N+](=O)[O-])c4)O[C@@H]3CC[C@@]2(C)[C@@H]1C/C=C1/C(=O)OC[C@H]1O. The molecule has 7 atom stereocenters. The minimum atomic E-state index is -0.878. The van der Waals surface area contributed by atoms with E-state index in [0.717, 1.165) is 36.9 Å². The summed E-state index contributed by atoms with van der Waals surface area (Å²) in [4.78, 5) is 23.4. The van der Waals surface area contributed by atoms with Crippen LogP contribution in [0.1, 0.15) is 57.8 Å². The van der Waals surface area contributed by atoms with Crippen LogP contribution in [0.2, 0.25) is 0 Å². The number of nitro benzene ring substituents is 1. The van der Waals surface area contributed by atoms with Gasteiger partial charge in [-0.1, -0.05) is 62.4 Å². The Hall–Kier alpha value is -4.12. The number of para-hydroxylation sites is 1. The minimum absolute atomic E-state index is 0.00856. The van der Waals surface area contributed by atoms with E-state index in [1.165, 1.54) is 17.7 Å². The summed E-state index contributed by atoms with van der Waals surface area (Å²) in [5.74, 6) is 0.00301. The van der Waals surface area contributed by atoms with E-state index in [0.29, 0.717) is 29.9 Å². The number of aliphatic hydroxyl groups excluding tert-OH is 1. The lowest BCUT2D eigenvalue weighted by Crippen LogP contribution is -2.60. The van der Waals surface area contributed by atoms with Crippen molar-refractivity contribution in [2.45, 2.75) is 64.4 Å². The van der Waals surface area contributed by atoms with Crippen LogP contribution in [0.25, 0.3) is 16.9 Å². The predicted molar refractivity (Wildman–Crippen MR) is 170 cm³/mol. The molecule has 2 saturated heterocycles. The van der Waals surface area contributed by atoms with E-state index in [1.54, 1.807) is 10.7 Å². The molecule has 0 bridgehead atoms. The number of rotatable bonds is 6. The maximum Gasteiger partial charge on any atom is 0.336 e. The van der Waals surface area contributed by atoms with Gasteiger partial charge in [-0.25, -0.2) is 9.48 Å². The number of fused-ring (bicyclic) bond motifs is 3. The molecule has 2 saturated carbocycles. The zero-order valence-electron chi connectivity index (χ0n) is 26.1. The van der Waals surface area contributed by atoms with Gasteiger partial charge in [-0.05, 0) is 61.5 Å². The van der Waals surface area contributed by atoms with Gasteiger partial charge in [0.2, 0.25) is 0 Å². The van der Waals surface area contributed by atoms with E-state index in [2.05, 4.69) is 20.4 Å². The van der Waals surface area contributed by atoms with Crippen molar-refractivity contribution in [2.75, 3.05) is 13.2 Å². The lowest BCUT2D eigenvalue weighted by molar-refractivity contribution is -0.384. The number of ether oxygens (including phenoxy) is 3. The molecule has 3 aromatic rings. The lowest BCUT2D eigenvalue weighted by atomic mass is 9.46. The summed E-state index contributed by atoms with van der Waals surface area (Å²) in [6.07, 6.45) is 6.36. The van der Waals surface area contributed by atoms with Gasteiger partial charge in [-0.15, -0.1) is 0 Å². The molecule has 0 spiro atoms. The van der Waals surface area contributed by atoms with Gasteiger partial charge in [-0.2, -0.15) is 5.10 Å². The van der Waals surface area contributed by atoms with Crippen LogP contribution in [0.3, 0.4) is 0 Å². The zero-order chi connectivity index (χ0) is 32.2. The number of carbonyl (C=O) groups excluding carboxylic acids is 1. The molecule has 0 amide bonds. The van der Waals surface area contributed by atoms with Crippen molar-refractivity contribution < 1.29 is 29.0 Å². The van der Waals surface area contributed by atoms with E-state index in [-0.39, 0.29) is 41.1 Å². The average Bonchev–Trinajstić information content (AvgIpc) is 3.64. The van der Waals surface area contributed by atoms with Crippen molar-refractivity contribution >= 4 is 11.7 Å². The standard InChI is InChI=1S/C36H39N3O7/c1-22-12-15-30-35(2,28(22)14-13-26-29(40)20-44-33(26)41)17-16-31-36(30,3)21-45-34(46-31)27-19-38(24-9-5-4-6-10-24)37-32(27)23-8-7-11-25(18-23)39(42)43/h4-11,13,18-19,28-31,34,40H,1,12,14-17,20-21H2,2-3H3/b26-13+/t28-,29-,30+,31-,34?,35+,36+/m1/s1. The number of hydrogen-bond acceptors (Lipinski definition) is 8. The number of esters is 1. The molecular weight excluding hydrogens is 586 g/mol. The van der Waals surface area contributed by atoms with Crippen LogP contribution < -0.4 is 0 Å². The smallest absolute Gasteiger partial charge is 0.336 e. The minimum Gasteiger partial charge on any atom is -0.459 e. The molecule has 10 heteroatoms. The average molecular weight is 626 g/mol. The van der Waals surface area contributed by atoms with Crippen LogP contribution in [0.4, 0.5) is 5.69 Å². The summed E-state index contributed by atoms with van der Waals surface area (Å²) in [7, 11) is 0. The number of allylic oxidation sites excluding steroid dienone is 2. The second kappa shape index (κ2) is 11.6. The van der Waals surface area contributed by atoms with E-state index in [4.69, 9.17) is 19.3 Å². The molecule has 46 heavy (non-hydrogen) atoms. The van der Waals surface area contributed by atoms with Crippen molar-refractivity contribution in [3.63, 3.8) is 0 Å². The van der Waals surface area contributed by atoms with Crippen molar-refractivity contribution in [2.24, 2.45) is 22.7 Å². The number of aromatic nitrogens is 2. The molecule has 1 N–H and O–H groups in total. The molecule has 7 rings (SSSR count). The van der Waals surface area contributed by atoms with Gasteiger partial charge in [-0.3, -0.25) is 10.1 Å². The molecule has 1 aromatic heterocycles. The first kappa shape index (κ1) is 30.5. The fourth-order valence-corrected chi connectivity index (χ4v) is 8.62. The Bertz CT molecular complexity index is 1720. The van der Waals surface area contributed by atoms with E-state index >= 15 is 0 Å². The summed E-state index contributed by atoms with van der Waals surface area (Å²) in [5.41, 5.74) is 3.96. The van der Waals surface area contributed by atoms with Crippen LogP contribution in [0, 0.1) is 32.8 Å². The number of nitro groups is 1. The first-order chi connectivity index (χ1) is 22.1. The van der Waals surface area contributed by atoms with Gasteiger partial charge in [0.1, 0.15) is 18.4 Å². The summed E-state index contributed by atoms with van der Waals surface area (Å²) >= 11 is 0. The highest BCUT2D eigenvalue weighted by molar-refractivity contribution is 5.91. The fraction of sp³-hybridized carbons (Fsp3) is 0.444. The Labute approximate surface area is 267 Å². The monoisotopic (exact) mass is 625 g/mol. The van der Waals surface area contributed by atoms with Crippen LogP contribution in [-0.2, 0) is 19.0 Å². The predicted octanol–water partition coefficient (Wildman–Crippen LogP) is 6.48. The van der Waals surface area contributed by atoms with Crippen LogP contribution in [0.15, 0.2) is 84.6 Å². The normalized spacial score (nSPS) is 33.4. The molecule has 4 fully saturated rings. The van der Waals surface area contributed by atoms with Gasteiger partial charge < -0.3 is 19.3 Å². The summed E-state index contributed by atoms with van der Waals surface area (Å²) in [5, 5.41) is 26.7. The van der Waals surface area contributed by atoms with Crippen molar-refractivity contribution in [1.82, 2.24) is 9.78 Å². The number of benzene rings is 2. The maximum atomic E-state index is 12.2. The number of cyclic esters (lactones) is 1. The summed E-state index contributed by atoms with van der Waals surface area (Å²) in [6, 6.07) is 16.2. The van der Waals surface area contributed by atoms with Gasteiger partial charge in [0.25, 0.3) is 5.69 Å². The highest BCUT2D eigenvalue weighted by Crippen LogP contribution is 2.64. The highest BCUT2D eigenvalue weighted by atomic mass is 16.7. The third kappa shape index (κ3) is 5.09. The number of carbonyl (C=O) groups is 1. The van der Waals surface area contributed by atoms with E-state index in [9.17, 15) is 20.0 Å².